The van der Waals surface area contributed by atoms with Crippen molar-refractivity contribution in [2.24, 2.45) is 0 Å². The van der Waals surface area contributed by atoms with E-state index in [4.69, 9.17) is 16.9 Å². The highest BCUT2D eigenvalue weighted by Crippen LogP contribution is 2.14. The van der Waals surface area contributed by atoms with Gasteiger partial charge >= 0.3 is 6.03 Å². The lowest BCUT2D eigenvalue weighted by molar-refractivity contribution is 0.253. The quantitative estimate of drug-likeness (QED) is 0.732. The van der Waals surface area contributed by atoms with Crippen molar-refractivity contribution < 1.29 is 4.79 Å². The van der Waals surface area contributed by atoms with E-state index in [0.29, 0.717) is 10.7 Å². The van der Waals surface area contributed by atoms with Gasteiger partial charge in [0, 0.05) is 10.7 Å². The zero-order valence-electron chi connectivity index (χ0n) is 7.25. The maximum absolute atomic E-state index is 11.1. The first-order valence-electron chi connectivity index (χ1n) is 3.90. The lowest BCUT2D eigenvalue weighted by atomic mass is 10.3. The van der Waals surface area contributed by atoms with E-state index in [2.05, 4.69) is 10.6 Å². The minimum absolute atomic E-state index is 0.0214. The molecule has 0 aliphatic rings. The van der Waals surface area contributed by atoms with Gasteiger partial charge < -0.3 is 10.6 Å². The Bertz CT molecular complexity index is 373. The van der Waals surface area contributed by atoms with Gasteiger partial charge in [-0.3, -0.25) is 0 Å². The number of benzene rings is 1. The van der Waals surface area contributed by atoms with E-state index < -0.39 is 6.03 Å². The van der Waals surface area contributed by atoms with Crippen LogP contribution in [0.3, 0.4) is 0 Å². The maximum atomic E-state index is 11.1. The smallest absolute Gasteiger partial charge is 0.320 e. The highest BCUT2D eigenvalue weighted by Gasteiger charge is 1.99. The van der Waals surface area contributed by atoms with Crippen LogP contribution < -0.4 is 10.6 Å². The van der Waals surface area contributed by atoms with Gasteiger partial charge in [-0.1, -0.05) is 17.7 Å². The van der Waals surface area contributed by atoms with E-state index in [1.165, 1.54) is 0 Å². The summed E-state index contributed by atoms with van der Waals surface area (Å²) in [7, 11) is 0. The molecule has 0 saturated carbocycles. The molecule has 1 aromatic carbocycles. The normalized spacial score (nSPS) is 8.86. The van der Waals surface area contributed by atoms with Gasteiger partial charge in [0.05, 0.1) is 6.07 Å². The van der Waals surface area contributed by atoms with Crippen molar-refractivity contribution in [3.05, 3.63) is 29.3 Å². The zero-order chi connectivity index (χ0) is 10.4. The van der Waals surface area contributed by atoms with Crippen LogP contribution >= 0.6 is 11.6 Å². The van der Waals surface area contributed by atoms with Crippen LogP contribution in [0.15, 0.2) is 24.3 Å². The van der Waals surface area contributed by atoms with Crippen molar-refractivity contribution in [2.45, 2.75) is 0 Å². The molecule has 0 aliphatic heterocycles. The topological polar surface area (TPSA) is 64.9 Å². The summed E-state index contributed by atoms with van der Waals surface area (Å²) in [4.78, 5) is 11.1. The minimum atomic E-state index is -0.422. The third-order valence-corrected chi connectivity index (χ3v) is 1.65. The first-order valence-corrected chi connectivity index (χ1v) is 4.27. The number of hydrogen-bond donors (Lipinski definition) is 2. The molecule has 5 heteroatoms. The molecular formula is C9H8ClN3O. The number of carbonyl (C=O) groups is 1. The second kappa shape index (κ2) is 5.10. The molecule has 0 heterocycles. The number of nitriles is 1. The van der Waals surface area contributed by atoms with Crippen molar-refractivity contribution in [2.75, 3.05) is 11.9 Å². The summed E-state index contributed by atoms with van der Waals surface area (Å²) in [6.07, 6.45) is 0. The number of urea groups is 1. The summed E-state index contributed by atoms with van der Waals surface area (Å²) in [6.45, 7) is -0.0214. The summed E-state index contributed by atoms with van der Waals surface area (Å²) < 4.78 is 0. The Morgan fingerprint density at radius 3 is 3.00 bits per heavy atom. The molecule has 0 bridgehead atoms. The molecule has 0 radical (unpaired) electrons. The van der Waals surface area contributed by atoms with E-state index >= 15 is 0 Å². The fourth-order valence-corrected chi connectivity index (χ4v) is 1.05. The van der Waals surface area contributed by atoms with Gasteiger partial charge in [0.15, 0.2) is 0 Å². The van der Waals surface area contributed by atoms with Crippen molar-refractivity contribution >= 4 is 23.3 Å². The van der Waals surface area contributed by atoms with Gasteiger partial charge in [0.1, 0.15) is 6.54 Å². The van der Waals surface area contributed by atoms with E-state index in [-0.39, 0.29) is 6.54 Å². The lowest BCUT2D eigenvalue weighted by Gasteiger charge is -2.04. The molecule has 0 aromatic heterocycles. The van der Waals surface area contributed by atoms with Gasteiger partial charge in [-0.25, -0.2) is 4.79 Å². The Morgan fingerprint density at radius 2 is 2.36 bits per heavy atom. The highest BCUT2D eigenvalue weighted by atomic mass is 35.5. The first-order chi connectivity index (χ1) is 6.72. The van der Waals surface area contributed by atoms with Crippen LogP contribution in [0.4, 0.5) is 10.5 Å². The Hall–Kier alpha value is -1.73. The average molecular weight is 210 g/mol. The molecule has 0 spiro atoms. The summed E-state index contributed by atoms with van der Waals surface area (Å²) in [5, 5.41) is 13.6. The molecule has 2 amide bonds. The number of amides is 2. The monoisotopic (exact) mass is 209 g/mol. The van der Waals surface area contributed by atoms with Crippen LogP contribution in [0.1, 0.15) is 0 Å². The molecule has 2 N–H and O–H groups in total. The van der Waals surface area contributed by atoms with Gasteiger partial charge in [0.2, 0.25) is 0 Å². The van der Waals surface area contributed by atoms with Gasteiger partial charge in [-0.05, 0) is 18.2 Å². The lowest BCUT2D eigenvalue weighted by Crippen LogP contribution is -2.28. The minimum Gasteiger partial charge on any atom is -0.325 e. The molecule has 0 atom stereocenters. The highest BCUT2D eigenvalue weighted by molar-refractivity contribution is 6.30. The molecule has 72 valence electrons. The molecule has 0 saturated heterocycles. The number of nitrogens with zero attached hydrogens (tertiary/aromatic N) is 1. The SMILES string of the molecule is N#CCNC(=O)Nc1cccc(Cl)c1. The number of carbonyl (C=O) groups excluding carboxylic acids is 1. The predicted molar refractivity (Wildman–Crippen MR) is 54.1 cm³/mol. The van der Waals surface area contributed by atoms with E-state index in [0.717, 1.165) is 0 Å². The Morgan fingerprint density at radius 1 is 1.57 bits per heavy atom. The van der Waals surface area contributed by atoms with Gasteiger partial charge in [-0.2, -0.15) is 5.26 Å². The van der Waals surface area contributed by atoms with Crippen molar-refractivity contribution in [3.8, 4) is 6.07 Å². The largest absolute Gasteiger partial charge is 0.325 e. The fourth-order valence-electron chi connectivity index (χ4n) is 0.861. The molecule has 4 nitrogen and oxygen atoms in total. The standard InChI is InChI=1S/C9H8ClN3O/c10-7-2-1-3-8(6-7)13-9(14)12-5-4-11/h1-3,6H,5H2,(H2,12,13,14). The Kier molecular flexibility index (Phi) is 3.77. The third-order valence-electron chi connectivity index (χ3n) is 1.41. The number of hydrogen-bond acceptors (Lipinski definition) is 2. The second-order valence-electron chi connectivity index (χ2n) is 2.48. The Labute approximate surface area is 86.5 Å². The van der Waals surface area contributed by atoms with Crippen LogP contribution in [0.5, 0.6) is 0 Å². The summed E-state index contributed by atoms with van der Waals surface area (Å²) in [6, 6.07) is 8.13. The number of rotatable bonds is 2. The predicted octanol–water partition coefficient (Wildman–Crippen LogP) is 1.99. The Balaban J connectivity index is 2.53. The van der Waals surface area contributed by atoms with Crippen LogP contribution in [0, 0.1) is 11.3 Å². The number of anilines is 1. The van der Waals surface area contributed by atoms with E-state index in [1.807, 2.05) is 0 Å². The molecule has 0 fully saturated rings. The molecule has 0 unspecified atom stereocenters. The maximum Gasteiger partial charge on any atom is 0.320 e. The van der Waals surface area contributed by atoms with E-state index in [9.17, 15) is 4.79 Å². The first kappa shape index (κ1) is 10.4. The third kappa shape index (κ3) is 3.33. The summed E-state index contributed by atoms with van der Waals surface area (Å²) in [5.74, 6) is 0. The number of halogens is 1. The van der Waals surface area contributed by atoms with Crippen molar-refractivity contribution in [3.63, 3.8) is 0 Å². The van der Waals surface area contributed by atoms with Crippen LogP contribution in [0.25, 0.3) is 0 Å². The fraction of sp³-hybridized carbons (Fsp3) is 0.111. The molecule has 0 aliphatic carbocycles. The van der Waals surface area contributed by atoms with E-state index in [1.54, 1.807) is 30.3 Å². The summed E-state index contributed by atoms with van der Waals surface area (Å²) >= 11 is 5.71. The van der Waals surface area contributed by atoms with Crippen LogP contribution in [-0.2, 0) is 0 Å². The van der Waals surface area contributed by atoms with Crippen molar-refractivity contribution in [1.29, 1.82) is 5.26 Å². The summed E-state index contributed by atoms with van der Waals surface area (Å²) in [5.41, 5.74) is 0.591. The zero-order valence-corrected chi connectivity index (χ0v) is 8.01. The van der Waals surface area contributed by atoms with Gasteiger partial charge in [-0.15, -0.1) is 0 Å². The van der Waals surface area contributed by atoms with Crippen LogP contribution in [0.2, 0.25) is 5.02 Å². The van der Waals surface area contributed by atoms with Gasteiger partial charge in [0.25, 0.3) is 0 Å². The average Bonchev–Trinajstić information content (AvgIpc) is 2.15. The molecule has 1 rings (SSSR count). The second-order valence-corrected chi connectivity index (χ2v) is 2.91. The molecule has 14 heavy (non-hydrogen) atoms. The molecular weight excluding hydrogens is 202 g/mol. The number of nitrogens with one attached hydrogen (secondary N) is 2. The van der Waals surface area contributed by atoms with Crippen LogP contribution in [-0.4, -0.2) is 12.6 Å². The van der Waals surface area contributed by atoms with Crippen molar-refractivity contribution in [1.82, 2.24) is 5.32 Å². The molecule has 1 aromatic rings.